The second kappa shape index (κ2) is 12.6. The smallest absolute Gasteiger partial charge is 0.127 e. The van der Waals surface area contributed by atoms with Gasteiger partial charge in [0.15, 0.2) is 0 Å². The van der Waals surface area contributed by atoms with Gasteiger partial charge in [-0.15, -0.1) is 0 Å². The van der Waals surface area contributed by atoms with Gasteiger partial charge in [-0.05, 0) is 97.1 Å². The van der Waals surface area contributed by atoms with E-state index in [9.17, 15) is 4.39 Å². The van der Waals surface area contributed by atoms with Gasteiger partial charge >= 0.3 is 0 Å². The van der Waals surface area contributed by atoms with Crippen molar-refractivity contribution in [3.8, 4) is 28.7 Å². The van der Waals surface area contributed by atoms with E-state index >= 15 is 0 Å². The van der Waals surface area contributed by atoms with Crippen LogP contribution in [0.4, 0.5) is 4.39 Å². The summed E-state index contributed by atoms with van der Waals surface area (Å²) >= 11 is 6.53. The lowest BCUT2D eigenvalue weighted by Crippen LogP contribution is -1.82. The third-order valence-electron chi connectivity index (χ3n) is 3.54. The molecule has 3 N–H and O–H groups in total. The molecule has 31 heavy (non-hydrogen) atoms. The molecule has 4 rings (SSSR count). The van der Waals surface area contributed by atoms with Crippen LogP contribution in [-0.2, 0) is 0 Å². The third-order valence-corrected chi connectivity index (χ3v) is 4.60. The van der Waals surface area contributed by atoms with Crippen LogP contribution in [0.15, 0.2) is 106 Å². The lowest BCUT2D eigenvalue weighted by molar-refractivity contribution is 0.460. The molecule has 0 atom stereocenters. The van der Waals surface area contributed by atoms with Crippen LogP contribution in [-0.4, -0.2) is 15.3 Å². The number of halogens is 3. The van der Waals surface area contributed by atoms with E-state index < -0.39 is 0 Å². The maximum Gasteiger partial charge on any atom is 0.127 e. The topological polar surface area (TPSA) is 69.9 Å². The fourth-order valence-electron chi connectivity index (χ4n) is 2.04. The molecule has 0 saturated heterocycles. The average Bonchev–Trinajstić information content (AvgIpc) is 2.76. The largest absolute Gasteiger partial charge is 0.508 e. The molecule has 4 nitrogen and oxygen atoms in total. The first-order valence-electron chi connectivity index (χ1n) is 8.93. The van der Waals surface area contributed by atoms with Crippen molar-refractivity contribution >= 4 is 31.9 Å². The molecular formula is C24H19Br2FO4. The molecule has 0 bridgehead atoms. The number of ether oxygens (including phenoxy) is 1. The van der Waals surface area contributed by atoms with Gasteiger partial charge in [-0.2, -0.15) is 0 Å². The van der Waals surface area contributed by atoms with Crippen LogP contribution in [0.25, 0.3) is 0 Å². The fourth-order valence-corrected chi connectivity index (χ4v) is 2.56. The lowest BCUT2D eigenvalue weighted by atomic mass is 10.3. The second-order valence-electron chi connectivity index (χ2n) is 6.00. The standard InChI is InChI=1S/C12H9BrO2.C6H4BrF.C6H6O2/c13-9-1-5-11(6-2-9)15-12-7-3-10(14)4-8-12;7-5-1-3-6(8)4-2-5;7-5-1-2-6(8)4-3-5/h1-8,14H;1-4H;1-4,7-8H. The number of phenols is 3. The molecule has 160 valence electrons. The zero-order valence-electron chi connectivity index (χ0n) is 16.1. The van der Waals surface area contributed by atoms with Crippen molar-refractivity contribution in [3.63, 3.8) is 0 Å². The van der Waals surface area contributed by atoms with Gasteiger partial charge in [-0.25, -0.2) is 4.39 Å². The normalized spacial score (nSPS) is 9.52. The fraction of sp³-hybridized carbons (Fsp3) is 0. The van der Waals surface area contributed by atoms with Crippen molar-refractivity contribution in [1.29, 1.82) is 0 Å². The number of phenolic OH excluding ortho intramolecular Hbond substituents is 3. The van der Waals surface area contributed by atoms with E-state index in [1.807, 2.05) is 24.3 Å². The Hall–Kier alpha value is -3.03. The van der Waals surface area contributed by atoms with Crippen LogP contribution < -0.4 is 4.74 Å². The van der Waals surface area contributed by atoms with E-state index in [-0.39, 0.29) is 23.1 Å². The van der Waals surface area contributed by atoms with Crippen LogP contribution in [0.1, 0.15) is 0 Å². The maximum atomic E-state index is 12.1. The molecule has 0 heterocycles. The van der Waals surface area contributed by atoms with E-state index in [1.54, 1.807) is 36.4 Å². The van der Waals surface area contributed by atoms with Crippen LogP contribution in [0, 0.1) is 5.82 Å². The Morgan fingerprint density at radius 1 is 0.484 bits per heavy atom. The molecule has 0 aliphatic heterocycles. The molecule has 0 radical (unpaired) electrons. The summed E-state index contributed by atoms with van der Waals surface area (Å²) in [5.74, 6) is 1.84. The van der Waals surface area contributed by atoms with Gasteiger partial charge in [-0.3, -0.25) is 0 Å². The van der Waals surface area contributed by atoms with Crippen molar-refractivity contribution in [1.82, 2.24) is 0 Å². The molecule has 4 aromatic carbocycles. The summed E-state index contributed by atoms with van der Waals surface area (Å²) in [7, 11) is 0. The van der Waals surface area contributed by atoms with Crippen molar-refractivity contribution in [2.75, 3.05) is 0 Å². The molecule has 0 amide bonds. The van der Waals surface area contributed by atoms with Gasteiger partial charge in [0, 0.05) is 8.95 Å². The molecule has 7 heteroatoms. The molecule has 0 aliphatic carbocycles. The Bertz CT molecular complexity index is 908. The van der Waals surface area contributed by atoms with Gasteiger partial charge in [-0.1, -0.05) is 31.9 Å². The van der Waals surface area contributed by atoms with Gasteiger partial charge < -0.3 is 20.1 Å². The first-order chi connectivity index (χ1) is 14.8. The van der Waals surface area contributed by atoms with Crippen LogP contribution >= 0.6 is 31.9 Å². The SMILES string of the molecule is Fc1ccc(Br)cc1.Oc1ccc(O)cc1.Oc1ccc(Oc2ccc(Br)cc2)cc1. The average molecular weight is 550 g/mol. The third kappa shape index (κ3) is 10.0. The monoisotopic (exact) mass is 548 g/mol. The van der Waals surface area contributed by atoms with Crippen molar-refractivity contribution in [3.05, 3.63) is 112 Å². The number of aromatic hydroxyl groups is 3. The molecule has 0 fully saturated rings. The van der Waals surface area contributed by atoms with Gasteiger partial charge in [0.25, 0.3) is 0 Å². The van der Waals surface area contributed by atoms with Crippen molar-refractivity contribution < 1.29 is 24.4 Å². The van der Waals surface area contributed by atoms with Gasteiger partial charge in [0.05, 0.1) is 0 Å². The molecular weight excluding hydrogens is 531 g/mol. The minimum atomic E-state index is -0.201. The highest BCUT2D eigenvalue weighted by Gasteiger charge is 1.97. The summed E-state index contributed by atoms with van der Waals surface area (Å²) in [5.41, 5.74) is 0. The highest BCUT2D eigenvalue weighted by atomic mass is 79.9. The minimum absolute atomic E-state index is 0.169. The van der Waals surface area contributed by atoms with Crippen LogP contribution in [0.3, 0.4) is 0 Å². The maximum absolute atomic E-state index is 12.1. The number of rotatable bonds is 2. The Labute approximate surface area is 196 Å². The number of hydrogen-bond donors (Lipinski definition) is 3. The van der Waals surface area contributed by atoms with E-state index in [0.717, 1.165) is 14.7 Å². The quantitative estimate of drug-likeness (QED) is 0.225. The Kier molecular flexibility index (Phi) is 9.87. The van der Waals surface area contributed by atoms with E-state index in [1.165, 1.54) is 36.4 Å². The van der Waals surface area contributed by atoms with E-state index in [4.69, 9.17) is 20.1 Å². The predicted molar refractivity (Wildman–Crippen MR) is 126 cm³/mol. The van der Waals surface area contributed by atoms with Crippen molar-refractivity contribution in [2.45, 2.75) is 0 Å². The Morgan fingerprint density at radius 3 is 1.13 bits per heavy atom. The number of benzene rings is 4. The molecule has 4 aromatic rings. The van der Waals surface area contributed by atoms with Gasteiger partial charge in [0.1, 0.15) is 34.6 Å². The zero-order valence-corrected chi connectivity index (χ0v) is 19.3. The molecule has 0 aromatic heterocycles. The minimum Gasteiger partial charge on any atom is -0.508 e. The molecule has 0 aliphatic rings. The summed E-state index contributed by atoms with van der Waals surface area (Å²) in [4.78, 5) is 0. The highest BCUT2D eigenvalue weighted by molar-refractivity contribution is 9.10. The Morgan fingerprint density at radius 2 is 0.774 bits per heavy atom. The first kappa shape index (κ1) is 24.2. The molecule has 0 spiro atoms. The summed E-state index contributed by atoms with van der Waals surface area (Å²) < 4.78 is 19.5. The van der Waals surface area contributed by atoms with Crippen LogP contribution in [0.2, 0.25) is 0 Å². The highest BCUT2D eigenvalue weighted by Crippen LogP contribution is 2.24. The second-order valence-corrected chi connectivity index (χ2v) is 7.83. The molecule has 0 saturated carbocycles. The zero-order chi connectivity index (χ0) is 22.6. The summed E-state index contributed by atoms with van der Waals surface area (Å²) in [6.45, 7) is 0. The summed E-state index contributed by atoms with van der Waals surface area (Å²) in [6, 6.07) is 26.0. The Balaban J connectivity index is 0.000000181. The van der Waals surface area contributed by atoms with Crippen molar-refractivity contribution in [2.24, 2.45) is 0 Å². The van der Waals surface area contributed by atoms with Crippen LogP contribution in [0.5, 0.6) is 28.7 Å². The number of hydrogen-bond acceptors (Lipinski definition) is 4. The summed E-state index contributed by atoms with van der Waals surface area (Å²) in [6.07, 6.45) is 0. The predicted octanol–water partition coefficient (Wildman–Crippen LogP) is 7.63. The van der Waals surface area contributed by atoms with E-state index in [2.05, 4.69) is 31.9 Å². The lowest BCUT2D eigenvalue weighted by Gasteiger charge is -2.05. The molecule has 0 unspecified atom stereocenters. The first-order valence-corrected chi connectivity index (χ1v) is 10.5. The summed E-state index contributed by atoms with van der Waals surface area (Å²) in [5, 5.41) is 26.4. The van der Waals surface area contributed by atoms with E-state index in [0.29, 0.717) is 5.75 Å². The van der Waals surface area contributed by atoms with Gasteiger partial charge in [0.2, 0.25) is 0 Å².